The summed E-state index contributed by atoms with van der Waals surface area (Å²) in [6.45, 7) is 0. The molecule has 0 amide bonds. The van der Waals surface area contributed by atoms with Gasteiger partial charge in [0.1, 0.15) is 0 Å². The van der Waals surface area contributed by atoms with Gasteiger partial charge < -0.3 is 0 Å². The van der Waals surface area contributed by atoms with Crippen LogP contribution in [0.4, 0.5) is 4.79 Å². The molecule has 39 valence electrons. The molecule has 0 aliphatic rings. The van der Waals surface area contributed by atoms with Gasteiger partial charge in [0.25, 0.3) is 0 Å². The first-order valence-corrected chi connectivity index (χ1v) is 3.54. The summed E-state index contributed by atoms with van der Waals surface area (Å²) in [5.41, 5.74) is 4.97. The molecule has 0 saturated carbocycles. The van der Waals surface area contributed by atoms with Crippen molar-refractivity contribution >= 4 is 31.8 Å². The number of thioether (sulfide) groups is 1. The van der Waals surface area contributed by atoms with E-state index in [1.807, 2.05) is 0 Å². The van der Waals surface area contributed by atoms with Crippen molar-refractivity contribution in [2.75, 3.05) is 0 Å². The summed E-state index contributed by atoms with van der Waals surface area (Å²) in [6.07, 6.45) is 0. The Balaban J connectivity index is 3.32. The fourth-order valence-corrected chi connectivity index (χ4v) is 1.56. The predicted molar refractivity (Wildman–Crippen MR) is 29.8 cm³/mol. The molecule has 0 unspecified atom stereocenters. The molecule has 0 aromatic carbocycles. The molecule has 5 heteroatoms. The van der Waals surface area contributed by atoms with Gasteiger partial charge in [0, 0.05) is 0 Å². The number of carbonyl (C=O) groups is 1. The maximum atomic E-state index is 10.1. The van der Waals surface area contributed by atoms with Gasteiger partial charge in [-0.25, -0.2) is 0 Å². The van der Waals surface area contributed by atoms with Crippen molar-refractivity contribution in [1.29, 1.82) is 0 Å². The van der Waals surface area contributed by atoms with Gasteiger partial charge in [-0.1, -0.05) is 0 Å². The molecule has 0 aromatic rings. The van der Waals surface area contributed by atoms with Crippen LogP contribution in [-0.4, -0.2) is 7.83 Å². The van der Waals surface area contributed by atoms with Gasteiger partial charge in [-0.3, -0.25) is 0 Å². The Hall–Kier alpha value is 0.598. The molecule has 0 bridgehead atoms. The number of thiocarbonyl (C=S) groups is 1. The fraction of sp³-hybridized carbons (Fsp3) is 0. The molecule has 2 nitrogen and oxygen atoms in total. The van der Waals surface area contributed by atoms with Crippen LogP contribution in [0.3, 0.4) is 0 Å². The zero-order chi connectivity index (χ0) is 5.86. The summed E-state index contributed by atoms with van der Waals surface area (Å²) in [4.78, 5) is 10.1. The molecule has 0 saturated heterocycles. The van der Waals surface area contributed by atoms with Crippen LogP contribution in [0.25, 0.3) is 0 Å². The SMILES string of the molecule is NC(=S)S[C](=O)[Mo]. The first-order chi connectivity index (χ1) is 3.13. The van der Waals surface area contributed by atoms with E-state index in [-0.39, 0.29) is 7.83 Å². The zero-order valence-corrected chi connectivity index (χ0v) is 6.85. The van der Waals surface area contributed by atoms with Crippen LogP contribution in [0, 0.1) is 0 Å². The van der Waals surface area contributed by atoms with Gasteiger partial charge in [-0.15, -0.1) is 0 Å². The van der Waals surface area contributed by atoms with Gasteiger partial charge in [0.05, 0.1) is 0 Å². The maximum absolute atomic E-state index is 10.1. The van der Waals surface area contributed by atoms with E-state index in [0.29, 0.717) is 0 Å². The Morgan fingerprint density at radius 1 is 1.86 bits per heavy atom. The van der Waals surface area contributed by atoms with Crippen LogP contribution in [0.2, 0.25) is 0 Å². The van der Waals surface area contributed by atoms with E-state index in [0.717, 1.165) is 11.8 Å². The van der Waals surface area contributed by atoms with E-state index in [2.05, 4.69) is 12.2 Å². The first-order valence-electron chi connectivity index (χ1n) is 1.31. The molecule has 0 aliphatic heterocycles. The van der Waals surface area contributed by atoms with E-state index < -0.39 is 0 Å². The van der Waals surface area contributed by atoms with Gasteiger partial charge >= 0.3 is 62.1 Å². The summed E-state index contributed by atoms with van der Waals surface area (Å²) in [6, 6.07) is 0. The van der Waals surface area contributed by atoms with E-state index >= 15 is 0 Å². The first kappa shape index (κ1) is 7.60. The Labute approximate surface area is 62.1 Å². The molecule has 0 atom stereocenters. The van der Waals surface area contributed by atoms with Crippen molar-refractivity contribution in [2.24, 2.45) is 5.73 Å². The number of nitrogens with two attached hydrogens (primary N) is 1. The Bertz CT molecular complexity index is 91.9. The molecular weight excluding hydrogens is 214 g/mol. The standard InChI is InChI=1S/C2H2NOS2.Mo/c3-2(5)6-1-4;/h(H2,3,5);. The van der Waals surface area contributed by atoms with Gasteiger partial charge in [-0.05, 0) is 0 Å². The monoisotopic (exact) mass is 218 g/mol. The molecule has 0 fully saturated rings. The summed E-state index contributed by atoms with van der Waals surface area (Å²) >= 11 is 6.63. The van der Waals surface area contributed by atoms with Crippen molar-refractivity contribution in [3.05, 3.63) is 0 Å². The third kappa shape index (κ3) is 6.60. The van der Waals surface area contributed by atoms with Crippen molar-refractivity contribution in [3.63, 3.8) is 0 Å². The third-order valence-electron chi connectivity index (χ3n) is 0.184. The molecule has 0 spiro atoms. The fourth-order valence-electron chi connectivity index (χ4n) is 0.0821. The minimum absolute atomic E-state index is 0.0525. The second-order valence-electron chi connectivity index (χ2n) is 0.671. The van der Waals surface area contributed by atoms with Crippen LogP contribution in [-0.2, 0) is 19.8 Å². The van der Waals surface area contributed by atoms with Crippen LogP contribution >= 0.6 is 24.0 Å². The van der Waals surface area contributed by atoms with E-state index in [4.69, 9.17) is 5.73 Å². The molecule has 0 radical (unpaired) electrons. The molecule has 0 heterocycles. The Kier molecular flexibility index (Phi) is 3.89. The van der Waals surface area contributed by atoms with Gasteiger partial charge in [0.2, 0.25) is 0 Å². The molecule has 2 N–H and O–H groups in total. The molecule has 7 heavy (non-hydrogen) atoms. The average Bonchev–Trinajstić information content (AvgIpc) is 1.27. The second-order valence-corrected chi connectivity index (χ2v) is 3.99. The summed E-state index contributed by atoms with van der Waals surface area (Å²) in [7, 11) is 0. The van der Waals surface area contributed by atoms with E-state index in [1.54, 1.807) is 0 Å². The van der Waals surface area contributed by atoms with Crippen molar-refractivity contribution in [2.45, 2.75) is 0 Å². The Morgan fingerprint density at radius 2 is 2.29 bits per heavy atom. The zero-order valence-electron chi connectivity index (χ0n) is 3.21. The van der Waals surface area contributed by atoms with Crippen LogP contribution < -0.4 is 5.73 Å². The summed E-state index contributed by atoms with van der Waals surface area (Å²) in [5, 5.41) is 0. The summed E-state index contributed by atoms with van der Waals surface area (Å²) in [5.74, 6) is 0. The van der Waals surface area contributed by atoms with Crippen molar-refractivity contribution in [1.82, 2.24) is 0 Å². The van der Waals surface area contributed by atoms with Crippen LogP contribution in [0.5, 0.6) is 0 Å². The number of rotatable bonds is 0. The predicted octanol–water partition coefficient (Wildman–Crippen LogP) is 0.630. The van der Waals surface area contributed by atoms with Crippen LogP contribution in [0.1, 0.15) is 0 Å². The molecular formula is C2H2MoNOS2. The van der Waals surface area contributed by atoms with E-state index in [1.165, 1.54) is 19.8 Å². The van der Waals surface area contributed by atoms with Crippen LogP contribution in [0.15, 0.2) is 0 Å². The second kappa shape index (κ2) is 3.58. The molecule has 0 rings (SSSR count). The third-order valence-corrected chi connectivity index (χ3v) is 1.42. The quantitative estimate of drug-likeness (QED) is 0.476. The summed E-state index contributed by atoms with van der Waals surface area (Å²) < 4.78 is 0.138. The number of carbonyl (C=O) groups excluding carboxylic acids is 1. The minimum atomic E-state index is -0.0525. The van der Waals surface area contributed by atoms with Gasteiger partial charge in [-0.2, -0.15) is 0 Å². The molecule has 0 aliphatic carbocycles. The average molecular weight is 216 g/mol. The Morgan fingerprint density at radius 3 is 2.29 bits per heavy atom. The topological polar surface area (TPSA) is 43.1 Å². The normalized spacial score (nSPS) is 8.00. The number of hydrogen-bond acceptors (Lipinski definition) is 3. The van der Waals surface area contributed by atoms with Crippen molar-refractivity contribution in [3.8, 4) is 0 Å². The number of hydrogen-bond donors (Lipinski definition) is 1. The van der Waals surface area contributed by atoms with E-state index in [9.17, 15) is 4.79 Å². The van der Waals surface area contributed by atoms with Crippen molar-refractivity contribution < 1.29 is 24.6 Å². The van der Waals surface area contributed by atoms with Gasteiger partial charge in [0.15, 0.2) is 0 Å². The molecule has 0 aromatic heterocycles.